The molecule has 2 aliphatic carbocycles. The number of methoxy groups -OCH3 is 2. The van der Waals surface area contributed by atoms with Crippen LogP contribution in [0.25, 0.3) is 0 Å². The van der Waals surface area contributed by atoms with Gasteiger partial charge in [0.2, 0.25) is 10.8 Å². The molecule has 1 aliphatic heterocycles. The van der Waals surface area contributed by atoms with Gasteiger partial charge in [-0.3, -0.25) is 9.59 Å². The van der Waals surface area contributed by atoms with E-state index in [-0.39, 0.29) is 11.8 Å². The first kappa shape index (κ1) is 19.4. The van der Waals surface area contributed by atoms with Crippen molar-refractivity contribution in [3.8, 4) is 5.75 Å². The maximum absolute atomic E-state index is 12.7. The third kappa shape index (κ3) is 2.86. The van der Waals surface area contributed by atoms with Crippen molar-refractivity contribution >= 4 is 29.1 Å². The van der Waals surface area contributed by atoms with Crippen molar-refractivity contribution in [3.05, 3.63) is 35.4 Å². The minimum Gasteiger partial charge on any atom is -0.466 e. The number of ether oxygens (including phenoxy) is 3. The summed E-state index contributed by atoms with van der Waals surface area (Å²) in [7, 11) is 3.11. The summed E-state index contributed by atoms with van der Waals surface area (Å²) in [6.45, 7) is 0. The van der Waals surface area contributed by atoms with E-state index in [1.165, 1.54) is 4.90 Å². The summed E-state index contributed by atoms with van der Waals surface area (Å²) in [5.74, 6) is -0.890. The average molecular weight is 406 g/mol. The molecular weight excluding hydrogens is 382 g/mol. The Bertz CT molecular complexity index is 802. The van der Waals surface area contributed by atoms with Crippen LogP contribution in [0.2, 0.25) is 0 Å². The first-order valence-electron chi connectivity index (χ1n) is 9.64. The Morgan fingerprint density at radius 1 is 0.893 bits per heavy atom. The first-order chi connectivity index (χ1) is 13.4. The van der Waals surface area contributed by atoms with Gasteiger partial charge in [0.25, 0.3) is 11.8 Å². The van der Waals surface area contributed by atoms with Crippen LogP contribution in [0, 0.1) is 0 Å². The van der Waals surface area contributed by atoms with Crippen LogP contribution in [0.3, 0.4) is 0 Å². The van der Waals surface area contributed by atoms with Crippen LogP contribution in [0.1, 0.15) is 44.9 Å². The van der Waals surface area contributed by atoms with Crippen molar-refractivity contribution in [2.45, 2.75) is 55.8 Å². The SMILES string of the molecule is COC1(OC)CCCC1(Cl)Oc1ccc(N2C(=O)C3=C(CCCC3)C2=O)cc1. The number of imide groups is 1. The molecule has 0 aromatic heterocycles. The van der Waals surface area contributed by atoms with Gasteiger partial charge in [-0.15, -0.1) is 0 Å². The fourth-order valence-corrected chi connectivity index (χ4v) is 4.94. The maximum Gasteiger partial charge on any atom is 0.261 e. The summed E-state index contributed by atoms with van der Waals surface area (Å²) in [6.07, 6.45) is 5.31. The largest absolute Gasteiger partial charge is 0.466 e. The number of halogens is 1. The van der Waals surface area contributed by atoms with E-state index < -0.39 is 10.8 Å². The standard InChI is InChI=1S/C21H24ClNO5/c1-26-21(27-2)13-5-12-20(21,22)28-15-10-8-14(9-11-15)23-18(24)16-6-3-4-7-17(16)19(23)25/h8-11H,3-7,12-13H2,1-2H3. The molecule has 0 bridgehead atoms. The van der Waals surface area contributed by atoms with Gasteiger partial charge in [0.1, 0.15) is 5.75 Å². The summed E-state index contributed by atoms with van der Waals surface area (Å²) in [4.78, 5) is 26.6. The second-order valence-electron chi connectivity index (χ2n) is 7.45. The molecule has 6 nitrogen and oxygen atoms in total. The summed E-state index contributed by atoms with van der Waals surface area (Å²) in [5, 5.41) is -1.14. The number of amides is 2. The number of benzene rings is 1. The summed E-state index contributed by atoms with van der Waals surface area (Å²) < 4.78 is 17.1. The van der Waals surface area contributed by atoms with Crippen molar-refractivity contribution in [1.82, 2.24) is 0 Å². The smallest absolute Gasteiger partial charge is 0.261 e. The number of carbonyl (C=O) groups is 2. The molecule has 0 saturated heterocycles. The van der Waals surface area contributed by atoms with Gasteiger partial charge in [-0.25, -0.2) is 4.90 Å². The number of anilines is 1. The predicted octanol–water partition coefficient (Wildman–Crippen LogP) is 3.92. The molecule has 0 spiro atoms. The van der Waals surface area contributed by atoms with Crippen molar-refractivity contribution in [3.63, 3.8) is 0 Å². The Balaban J connectivity index is 1.54. The lowest BCUT2D eigenvalue weighted by Crippen LogP contribution is -2.52. The molecule has 1 aromatic rings. The number of alkyl halides is 1. The molecule has 7 heteroatoms. The number of carbonyl (C=O) groups excluding carboxylic acids is 2. The molecule has 2 amide bonds. The molecular formula is C21H24ClNO5. The zero-order chi connectivity index (χ0) is 19.9. The van der Waals surface area contributed by atoms with Crippen molar-refractivity contribution in [1.29, 1.82) is 0 Å². The van der Waals surface area contributed by atoms with Gasteiger partial charge in [0.05, 0.1) is 5.69 Å². The highest BCUT2D eigenvalue weighted by atomic mass is 35.5. The molecule has 1 heterocycles. The topological polar surface area (TPSA) is 65.1 Å². The number of hydrogen-bond acceptors (Lipinski definition) is 5. The first-order valence-corrected chi connectivity index (χ1v) is 10.0. The van der Waals surface area contributed by atoms with Gasteiger partial charge in [-0.2, -0.15) is 0 Å². The Morgan fingerprint density at radius 3 is 2.00 bits per heavy atom. The Hall–Kier alpha value is -1.89. The maximum atomic E-state index is 12.7. The van der Waals surface area contributed by atoms with Gasteiger partial charge >= 0.3 is 0 Å². The fourth-order valence-electron chi connectivity index (χ4n) is 4.47. The average Bonchev–Trinajstić information content (AvgIpc) is 3.17. The third-order valence-electron chi connectivity index (χ3n) is 6.00. The van der Waals surface area contributed by atoms with Gasteiger partial charge in [-0.05, 0) is 56.4 Å². The Labute approximate surface area is 169 Å². The summed E-state index contributed by atoms with van der Waals surface area (Å²) in [5.41, 5.74) is 1.89. The zero-order valence-corrected chi connectivity index (χ0v) is 16.9. The normalized spacial score (nSPS) is 26.8. The Kier molecular flexibility index (Phi) is 4.98. The molecule has 150 valence electrons. The zero-order valence-electron chi connectivity index (χ0n) is 16.1. The quantitative estimate of drug-likeness (QED) is 0.422. The van der Waals surface area contributed by atoms with Crippen LogP contribution in [-0.4, -0.2) is 36.9 Å². The van der Waals surface area contributed by atoms with E-state index >= 15 is 0 Å². The van der Waals surface area contributed by atoms with Crippen LogP contribution in [-0.2, 0) is 19.1 Å². The van der Waals surface area contributed by atoms with E-state index in [2.05, 4.69) is 0 Å². The molecule has 4 rings (SSSR count). The third-order valence-corrected chi connectivity index (χ3v) is 6.55. The van der Waals surface area contributed by atoms with Crippen LogP contribution < -0.4 is 9.64 Å². The molecule has 0 N–H and O–H groups in total. The minimum absolute atomic E-state index is 0.198. The molecule has 28 heavy (non-hydrogen) atoms. The highest BCUT2D eigenvalue weighted by Crippen LogP contribution is 2.48. The second-order valence-corrected chi connectivity index (χ2v) is 8.06. The summed E-state index contributed by atoms with van der Waals surface area (Å²) >= 11 is 6.73. The molecule has 1 unspecified atom stereocenters. The van der Waals surface area contributed by atoms with E-state index in [0.717, 1.165) is 19.3 Å². The molecule has 1 aromatic carbocycles. The minimum atomic E-state index is -1.14. The number of nitrogens with zero attached hydrogens (tertiary/aromatic N) is 1. The monoisotopic (exact) mass is 405 g/mol. The highest BCUT2D eigenvalue weighted by molar-refractivity contribution is 6.33. The molecule has 3 aliphatic rings. The van der Waals surface area contributed by atoms with E-state index in [0.29, 0.717) is 48.3 Å². The van der Waals surface area contributed by atoms with E-state index in [4.69, 9.17) is 25.8 Å². The van der Waals surface area contributed by atoms with E-state index in [9.17, 15) is 9.59 Å². The lowest BCUT2D eigenvalue weighted by Gasteiger charge is -2.38. The molecule has 1 atom stereocenters. The number of hydrogen-bond donors (Lipinski definition) is 0. The van der Waals surface area contributed by atoms with E-state index in [1.54, 1.807) is 38.5 Å². The van der Waals surface area contributed by atoms with Gasteiger partial charge in [-0.1, -0.05) is 11.6 Å². The second kappa shape index (κ2) is 7.17. The van der Waals surface area contributed by atoms with Crippen molar-refractivity contribution in [2.75, 3.05) is 19.1 Å². The number of rotatable bonds is 5. The lowest BCUT2D eigenvalue weighted by molar-refractivity contribution is -0.253. The van der Waals surface area contributed by atoms with Gasteiger partial charge in [0, 0.05) is 38.2 Å². The van der Waals surface area contributed by atoms with Crippen molar-refractivity contribution in [2.24, 2.45) is 0 Å². The van der Waals surface area contributed by atoms with E-state index in [1.807, 2.05) is 0 Å². The van der Waals surface area contributed by atoms with Crippen LogP contribution >= 0.6 is 11.6 Å². The van der Waals surface area contributed by atoms with Crippen LogP contribution in [0.15, 0.2) is 35.4 Å². The fraction of sp³-hybridized carbons (Fsp3) is 0.524. The van der Waals surface area contributed by atoms with Crippen LogP contribution in [0.5, 0.6) is 5.75 Å². The summed E-state index contributed by atoms with van der Waals surface area (Å²) in [6, 6.07) is 6.84. The van der Waals surface area contributed by atoms with Gasteiger partial charge in [0.15, 0.2) is 0 Å². The highest BCUT2D eigenvalue weighted by Gasteiger charge is 2.58. The lowest BCUT2D eigenvalue weighted by atomic mass is 9.93. The molecule has 0 radical (unpaired) electrons. The van der Waals surface area contributed by atoms with Gasteiger partial charge < -0.3 is 14.2 Å². The Morgan fingerprint density at radius 2 is 1.46 bits per heavy atom. The predicted molar refractivity (Wildman–Crippen MR) is 104 cm³/mol. The molecule has 1 fully saturated rings. The van der Waals surface area contributed by atoms with Crippen LogP contribution in [0.4, 0.5) is 5.69 Å². The van der Waals surface area contributed by atoms with Crippen molar-refractivity contribution < 1.29 is 23.8 Å². The molecule has 1 saturated carbocycles.